The molecular formula is C14H18N2OS. The number of nitrogens with zero attached hydrogens (tertiary/aromatic N) is 2. The van der Waals surface area contributed by atoms with Crippen LogP contribution < -0.4 is 0 Å². The highest BCUT2D eigenvalue weighted by Gasteiger charge is 2.33. The maximum atomic E-state index is 10.2. The molecule has 2 aromatic heterocycles. The summed E-state index contributed by atoms with van der Waals surface area (Å²) in [5, 5.41) is 12.3. The SMILES string of the molecule is CC1(C)Cc2c(ccn2Cc2cscn2)C(O)C1. The molecule has 0 fully saturated rings. The van der Waals surface area contributed by atoms with Gasteiger partial charge in [0.15, 0.2) is 0 Å². The minimum absolute atomic E-state index is 0.171. The first kappa shape index (κ1) is 11.9. The number of fused-ring (bicyclic) bond motifs is 1. The Labute approximate surface area is 111 Å². The van der Waals surface area contributed by atoms with E-state index in [0.717, 1.165) is 30.6 Å². The highest BCUT2D eigenvalue weighted by Crippen LogP contribution is 2.41. The molecule has 1 N–H and O–H groups in total. The standard InChI is InChI=1S/C14H18N2OS/c1-14(2)5-12-11(13(17)6-14)3-4-16(12)7-10-8-18-9-15-10/h3-4,8-9,13,17H,5-7H2,1-2H3. The molecule has 0 aromatic carbocycles. The van der Waals surface area contributed by atoms with Crippen LogP contribution in [0.25, 0.3) is 0 Å². The third-order valence-corrected chi connectivity index (χ3v) is 4.32. The average Bonchev–Trinajstić information content (AvgIpc) is 2.88. The molecule has 4 heteroatoms. The van der Waals surface area contributed by atoms with Gasteiger partial charge in [-0.05, 0) is 24.3 Å². The van der Waals surface area contributed by atoms with Crippen LogP contribution in [0.2, 0.25) is 0 Å². The summed E-state index contributed by atoms with van der Waals surface area (Å²) in [6.07, 6.45) is 3.63. The molecule has 0 bridgehead atoms. The maximum absolute atomic E-state index is 10.2. The van der Waals surface area contributed by atoms with Gasteiger partial charge in [0.05, 0.1) is 23.9 Å². The largest absolute Gasteiger partial charge is 0.388 e. The van der Waals surface area contributed by atoms with E-state index in [1.807, 2.05) is 5.51 Å². The molecule has 0 aliphatic heterocycles. The molecule has 3 nitrogen and oxygen atoms in total. The van der Waals surface area contributed by atoms with E-state index in [4.69, 9.17) is 0 Å². The van der Waals surface area contributed by atoms with Gasteiger partial charge in [0.1, 0.15) is 0 Å². The molecule has 18 heavy (non-hydrogen) atoms. The Morgan fingerprint density at radius 2 is 2.39 bits per heavy atom. The Morgan fingerprint density at radius 1 is 1.56 bits per heavy atom. The Hall–Kier alpha value is -1.13. The fourth-order valence-electron chi connectivity index (χ4n) is 2.83. The molecule has 1 aliphatic rings. The second kappa shape index (κ2) is 4.21. The highest BCUT2D eigenvalue weighted by atomic mass is 32.1. The molecule has 2 heterocycles. The van der Waals surface area contributed by atoms with Crippen molar-refractivity contribution in [2.24, 2.45) is 5.41 Å². The van der Waals surface area contributed by atoms with Crippen LogP contribution in [0.15, 0.2) is 23.2 Å². The van der Waals surface area contributed by atoms with Crippen LogP contribution in [0.4, 0.5) is 0 Å². The van der Waals surface area contributed by atoms with Crippen molar-refractivity contribution in [3.05, 3.63) is 40.1 Å². The van der Waals surface area contributed by atoms with E-state index in [1.165, 1.54) is 5.69 Å². The second-order valence-electron chi connectivity index (χ2n) is 5.89. The van der Waals surface area contributed by atoms with Crippen LogP contribution >= 0.6 is 11.3 Å². The van der Waals surface area contributed by atoms with E-state index < -0.39 is 0 Å². The smallest absolute Gasteiger partial charge is 0.0812 e. The van der Waals surface area contributed by atoms with Crippen LogP contribution in [-0.2, 0) is 13.0 Å². The Kier molecular flexibility index (Phi) is 2.79. The van der Waals surface area contributed by atoms with Crippen molar-refractivity contribution < 1.29 is 5.11 Å². The fraction of sp³-hybridized carbons (Fsp3) is 0.500. The minimum Gasteiger partial charge on any atom is -0.388 e. The summed E-state index contributed by atoms with van der Waals surface area (Å²) in [5.74, 6) is 0. The summed E-state index contributed by atoms with van der Waals surface area (Å²) in [5.41, 5.74) is 5.50. The van der Waals surface area contributed by atoms with Crippen LogP contribution in [0.1, 0.15) is 43.3 Å². The Balaban J connectivity index is 1.94. The molecular weight excluding hydrogens is 244 g/mol. The predicted octanol–water partition coefficient (Wildman–Crippen LogP) is 3.00. The fourth-order valence-corrected chi connectivity index (χ4v) is 3.38. The van der Waals surface area contributed by atoms with E-state index >= 15 is 0 Å². The van der Waals surface area contributed by atoms with Crippen molar-refractivity contribution in [2.45, 2.75) is 39.3 Å². The first-order valence-corrected chi connectivity index (χ1v) is 7.22. The number of hydrogen-bond acceptors (Lipinski definition) is 3. The molecule has 96 valence electrons. The maximum Gasteiger partial charge on any atom is 0.0812 e. The molecule has 1 atom stereocenters. The second-order valence-corrected chi connectivity index (χ2v) is 6.61. The lowest BCUT2D eigenvalue weighted by Crippen LogP contribution is -2.26. The molecule has 0 spiro atoms. The van der Waals surface area contributed by atoms with Gasteiger partial charge in [-0.15, -0.1) is 11.3 Å². The lowest BCUT2D eigenvalue weighted by Gasteiger charge is -2.33. The van der Waals surface area contributed by atoms with E-state index in [9.17, 15) is 5.11 Å². The topological polar surface area (TPSA) is 38.0 Å². The van der Waals surface area contributed by atoms with E-state index in [0.29, 0.717) is 0 Å². The van der Waals surface area contributed by atoms with Crippen LogP contribution in [0.3, 0.4) is 0 Å². The number of aromatic nitrogens is 2. The summed E-state index contributed by atoms with van der Waals surface area (Å²) in [6.45, 7) is 5.25. The number of rotatable bonds is 2. The molecule has 1 unspecified atom stereocenters. The zero-order chi connectivity index (χ0) is 12.8. The van der Waals surface area contributed by atoms with Gasteiger partial charge in [0.2, 0.25) is 0 Å². The number of aliphatic hydroxyl groups is 1. The van der Waals surface area contributed by atoms with Gasteiger partial charge in [0.25, 0.3) is 0 Å². The van der Waals surface area contributed by atoms with Crippen LogP contribution in [0.5, 0.6) is 0 Å². The monoisotopic (exact) mass is 262 g/mol. The summed E-state index contributed by atoms with van der Waals surface area (Å²) in [6, 6.07) is 2.06. The Bertz CT molecular complexity index is 542. The lowest BCUT2D eigenvalue weighted by molar-refractivity contribution is 0.0981. The molecule has 0 saturated heterocycles. The van der Waals surface area contributed by atoms with Gasteiger partial charge in [-0.1, -0.05) is 13.8 Å². The molecule has 0 amide bonds. The molecule has 0 saturated carbocycles. The van der Waals surface area contributed by atoms with Gasteiger partial charge in [-0.2, -0.15) is 0 Å². The van der Waals surface area contributed by atoms with Crippen molar-refractivity contribution >= 4 is 11.3 Å². The summed E-state index contributed by atoms with van der Waals surface area (Å²) in [4.78, 5) is 4.33. The van der Waals surface area contributed by atoms with Crippen LogP contribution in [-0.4, -0.2) is 14.7 Å². The zero-order valence-electron chi connectivity index (χ0n) is 10.8. The van der Waals surface area contributed by atoms with Gasteiger partial charge in [0, 0.05) is 22.8 Å². The number of thiazole rings is 1. The van der Waals surface area contributed by atoms with Gasteiger partial charge < -0.3 is 9.67 Å². The molecule has 1 aliphatic carbocycles. The minimum atomic E-state index is -0.319. The lowest BCUT2D eigenvalue weighted by atomic mass is 9.75. The normalized spacial score (nSPS) is 21.8. The zero-order valence-corrected chi connectivity index (χ0v) is 11.6. The predicted molar refractivity (Wildman–Crippen MR) is 72.7 cm³/mol. The third-order valence-electron chi connectivity index (χ3n) is 3.68. The molecule has 3 rings (SSSR count). The van der Waals surface area contributed by atoms with Gasteiger partial charge in [-0.3, -0.25) is 0 Å². The third kappa shape index (κ3) is 2.10. The number of hydrogen-bond donors (Lipinski definition) is 1. The van der Waals surface area contributed by atoms with Crippen molar-refractivity contribution in [1.29, 1.82) is 0 Å². The van der Waals surface area contributed by atoms with Crippen molar-refractivity contribution in [2.75, 3.05) is 0 Å². The number of aliphatic hydroxyl groups excluding tert-OH is 1. The first-order valence-electron chi connectivity index (χ1n) is 6.28. The van der Waals surface area contributed by atoms with E-state index in [1.54, 1.807) is 11.3 Å². The van der Waals surface area contributed by atoms with E-state index in [-0.39, 0.29) is 11.5 Å². The average molecular weight is 262 g/mol. The van der Waals surface area contributed by atoms with Crippen molar-refractivity contribution in [3.8, 4) is 0 Å². The van der Waals surface area contributed by atoms with E-state index in [2.05, 4.69) is 41.0 Å². The van der Waals surface area contributed by atoms with Gasteiger partial charge in [-0.25, -0.2) is 4.98 Å². The van der Waals surface area contributed by atoms with Crippen molar-refractivity contribution in [3.63, 3.8) is 0 Å². The highest BCUT2D eigenvalue weighted by molar-refractivity contribution is 7.07. The van der Waals surface area contributed by atoms with Gasteiger partial charge >= 0.3 is 0 Å². The first-order chi connectivity index (χ1) is 8.55. The quantitative estimate of drug-likeness (QED) is 0.903. The Morgan fingerprint density at radius 3 is 3.11 bits per heavy atom. The summed E-state index contributed by atoms with van der Waals surface area (Å²) >= 11 is 1.63. The molecule has 2 aromatic rings. The van der Waals surface area contributed by atoms with Crippen LogP contribution in [0, 0.1) is 5.41 Å². The summed E-state index contributed by atoms with van der Waals surface area (Å²) < 4.78 is 2.23. The van der Waals surface area contributed by atoms with Crippen molar-refractivity contribution in [1.82, 2.24) is 9.55 Å². The summed E-state index contributed by atoms with van der Waals surface area (Å²) in [7, 11) is 0. The molecule has 0 radical (unpaired) electrons.